The number of urea groups is 1. The molecule has 0 spiro atoms. The summed E-state index contributed by atoms with van der Waals surface area (Å²) in [5, 5.41) is 5.87. The van der Waals surface area contributed by atoms with E-state index in [4.69, 9.17) is 16.3 Å². The number of anilines is 1. The Morgan fingerprint density at radius 2 is 1.85 bits per heavy atom. The number of ether oxygens (including phenoxy) is 1. The highest BCUT2D eigenvalue weighted by molar-refractivity contribution is 8.01. The smallest absolute Gasteiger partial charge is 0.329 e. The first-order chi connectivity index (χ1) is 15.9. The van der Waals surface area contributed by atoms with Crippen molar-refractivity contribution in [2.45, 2.75) is 9.10 Å². The average molecular weight is 500 g/mol. The Morgan fingerprint density at radius 1 is 1.12 bits per heavy atom. The highest BCUT2D eigenvalue weighted by atomic mass is 35.5. The minimum Gasteiger partial charge on any atom is -0.497 e. The molecule has 2 N–H and O–H groups in total. The summed E-state index contributed by atoms with van der Waals surface area (Å²) in [6.07, 6.45) is 1.61. The summed E-state index contributed by atoms with van der Waals surface area (Å²) in [6.45, 7) is -0.393. The Labute approximate surface area is 203 Å². The number of halogens is 1. The molecule has 0 bridgehead atoms. The van der Waals surface area contributed by atoms with Crippen LogP contribution >= 0.6 is 34.7 Å². The van der Waals surface area contributed by atoms with Crippen molar-refractivity contribution in [2.75, 3.05) is 19.0 Å². The normalized spacial score (nSPS) is 14.5. The van der Waals surface area contributed by atoms with Crippen molar-refractivity contribution in [3.8, 4) is 5.75 Å². The van der Waals surface area contributed by atoms with Gasteiger partial charge >= 0.3 is 6.03 Å². The van der Waals surface area contributed by atoms with Crippen LogP contribution in [0, 0.1) is 0 Å². The van der Waals surface area contributed by atoms with E-state index in [1.165, 1.54) is 11.3 Å². The summed E-state index contributed by atoms with van der Waals surface area (Å²) in [7, 11) is 1.55. The predicted octanol–water partition coefficient (Wildman–Crippen LogP) is 5.09. The van der Waals surface area contributed by atoms with Crippen LogP contribution in [0.2, 0.25) is 5.02 Å². The number of amides is 4. The molecule has 2 heterocycles. The van der Waals surface area contributed by atoms with Gasteiger partial charge in [0.2, 0.25) is 5.91 Å². The average Bonchev–Trinajstić information content (AvgIpc) is 3.35. The molecule has 0 atom stereocenters. The third kappa shape index (κ3) is 5.75. The molecule has 0 saturated carbocycles. The molecule has 2 aromatic carbocycles. The molecule has 0 aliphatic carbocycles. The van der Waals surface area contributed by atoms with Crippen LogP contribution in [-0.2, 0) is 9.59 Å². The zero-order valence-corrected chi connectivity index (χ0v) is 19.7. The fourth-order valence-electron chi connectivity index (χ4n) is 2.96. The number of thiophene rings is 1. The van der Waals surface area contributed by atoms with Gasteiger partial charge in [-0.05, 0) is 66.7 Å². The zero-order valence-electron chi connectivity index (χ0n) is 17.3. The molecular formula is C23H18ClN3O4S2. The lowest BCUT2D eigenvalue weighted by Gasteiger charge is -2.12. The van der Waals surface area contributed by atoms with Crippen LogP contribution in [0.5, 0.6) is 5.75 Å². The van der Waals surface area contributed by atoms with Gasteiger partial charge in [0, 0.05) is 20.5 Å². The van der Waals surface area contributed by atoms with Crippen LogP contribution in [0.4, 0.5) is 10.5 Å². The van der Waals surface area contributed by atoms with Gasteiger partial charge in [0.15, 0.2) is 0 Å². The molecule has 3 aromatic rings. The molecule has 168 valence electrons. The first-order valence-electron chi connectivity index (χ1n) is 9.73. The van der Waals surface area contributed by atoms with E-state index >= 15 is 0 Å². The van der Waals surface area contributed by atoms with Crippen molar-refractivity contribution < 1.29 is 19.1 Å². The van der Waals surface area contributed by atoms with Gasteiger partial charge in [-0.2, -0.15) is 0 Å². The summed E-state index contributed by atoms with van der Waals surface area (Å²) >= 11 is 8.98. The molecule has 1 aromatic heterocycles. The van der Waals surface area contributed by atoms with E-state index in [1.54, 1.807) is 49.2 Å². The Bertz CT molecular complexity index is 1220. The van der Waals surface area contributed by atoms with Crippen molar-refractivity contribution in [3.63, 3.8) is 0 Å². The molecule has 0 unspecified atom stereocenters. The quantitative estimate of drug-likeness (QED) is 0.349. The summed E-state index contributed by atoms with van der Waals surface area (Å²) in [6, 6.07) is 17.4. The maximum Gasteiger partial charge on any atom is 0.329 e. The molecular weight excluding hydrogens is 482 g/mol. The third-order valence-corrected chi connectivity index (χ3v) is 6.98. The number of carbonyl (C=O) groups excluding carboxylic acids is 3. The van der Waals surface area contributed by atoms with E-state index in [0.717, 1.165) is 18.9 Å². The van der Waals surface area contributed by atoms with Crippen LogP contribution in [0.15, 0.2) is 75.5 Å². The Balaban J connectivity index is 1.38. The van der Waals surface area contributed by atoms with Gasteiger partial charge < -0.3 is 15.4 Å². The monoisotopic (exact) mass is 499 g/mol. The van der Waals surface area contributed by atoms with Gasteiger partial charge in [0.05, 0.1) is 11.3 Å². The topological polar surface area (TPSA) is 87.7 Å². The molecule has 0 radical (unpaired) electrons. The molecule has 33 heavy (non-hydrogen) atoms. The van der Waals surface area contributed by atoms with Gasteiger partial charge in [0.25, 0.3) is 5.91 Å². The largest absolute Gasteiger partial charge is 0.497 e. The second-order valence-corrected chi connectivity index (χ2v) is 9.79. The fourth-order valence-corrected chi connectivity index (χ4v) is 5.15. The van der Waals surface area contributed by atoms with Gasteiger partial charge in [0.1, 0.15) is 18.0 Å². The van der Waals surface area contributed by atoms with Gasteiger partial charge in [-0.1, -0.05) is 23.4 Å². The number of imide groups is 1. The van der Waals surface area contributed by atoms with Crippen LogP contribution < -0.4 is 15.4 Å². The van der Waals surface area contributed by atoms with Crippen molar-refractivity contribution >= 4 is 64.3 Å². The number of nitrogens with one attached hydrogen (secondary N) is 2. The van der Waals surface area contributed by atoms with Gasteiger partial charge in [-0.25, -0.2) is 9.69 Å². The first-order valence-corrected chi connectivity index (χ1v) is 11.7. The van der Waals surface area contributed by atoms with Crippen molar-refractivity contribution in [2.24, 2.45) is 0 Å². The fraction of sp³-hybridized carbons (Fsp3) is 0.0870. The molecule has 4 amide bonds. The van der Waals surface area contributed by atoms with E-state index in [-0.39, 0.29) is 5.70 Å². The number of nitrogens with zero attached hydrogens (tertiary/aromatic N) is 1. The summed E-state index contributed by atoms with van der Waals surface area (Å²) < 4.78 is 6.10. The van der Waals surface area contributed by atoms with E-state index in [9.17, 15) is 14.4 Å². The number of hydrogen-bond donors (Lipinski definition) is 2. The predicted molar refractivity (Wildman–Crippen MR) is 130 cm³/mol. The van der Waals surface area contributed by atoms with Crippen LogP contribution in [-0.4, -0.2) is 36.4 Å². The van der Waals surface area contributed by atoms with Crippen molar-refractivity contribution in [1.82, 2.24) is 10.2 Å². The van der Waals surface area contributed by atoms with E-state index in [1.807, 2.05) is 36.4 Å². The zero-order chi connectivity index (χ0) is 23.4. The van der Waals surface area contributed by atoms with Crippen LogP contribution in [0.25, 0.3) is 6.08 Å². The SMILES string of the molecule is COc1ccc(NC(=O)CN2C(=O)N/C(=C\c3ccc(Sc4ccc(Cl)cc4)s3)C2=O)cc1. The van der Waals surface area contributed by atoms with Crippen LogP contribution in [0.3, 0.4) is 0 Å². The minimum absolute atomic E-state index is 0.127. The Kier molecular flexibility index (Phi) is 7.02. The number of methoxy groups -OCH3 is 1. The molecule has 1 aliphatic rings. The maximum absolute atomic E-state index is 12.7. The number of rotatable bonds is 7. The van der Waals surface area contributed by atoms with Crippen molar-refractivity contribution in [3.05, 3.63) is 76.3 Å². The Hall–Kier alpha value is -3.27. The molecule has 1 fully saturated rings. The lowest BCUT2D eigenvalue weighted by Crippen LogP contribution is -2.38. The molecule has 1 saturated heterocycles. The number of benzene rings is 2. The third-order valence-electron chi connectivity index (χ3n) is 4.56. The van der Waals surface area contributed by atoms with Crippen molar-refractivity contribution in [1.29, 1.82) is 0 Å². The standard InChI is InChI=1S/C23H18ClN3O4S2/c1-31-16-6-4-15(5-7-16)25-20(28)13-27-22(29)19(26-23(27)30)12-18-10-11-21(33-18)32-17-8-2-14(24)3-9-17/h2-12H,13H2,1H3,(H,25,28)(H,26,30)/b19-12-. The second-order valence-electron chi connectivity index (χ2n) is 6.87. The number of carbonyl (C=O) groups is 3. The molecule has 10 heteroatoms. The lowest BCUT2D eigenvalue weighted by atomic mass is 10.3. The van der Waals surface area contributed by atoms with E-state index in [2.05, 4.69) is 10.6 Å². The molecule has 1 aliphatic heterocycles. The highest BCUT2D eigenvalue weighted by Gasteiger charge is 2.35. The second kappa shape index (κ2) is 10.1. The van der Waals surface area contributed by atoms with E-state index < -0.39 is 24.4 Å². The number of hydrogen-bond acceptors (Lipinski definition) is 6. The highest BCUT2D eigenvalue weighted by Crippen LogP contribution is 2.34. The molecule has 4 rings (SSSR count). The maximum atomic E-state index is 12.7. The lowest BCUT2D eigenvalue weighted by molar-refractivity contribution is -0.127. The van der Waals surface area contributed by atoms with Crippen LogP contribution in [0.1, 0.15) is 4.88 Å². The summed E-state index contributed by atoms with van der Waals surface area (Å²) in [4.78, 5) is 40.0. The summed E-state index contributed by atoms with van der Waals surface area (Å²) in [5.74, 6) is -0.381. The van der Waals surface area contributed by atoms with Gasteiger partial charge in [-0.3, -0.25) is 9.59 Å². The Morgan fingerprint density at radius 3 is 2.55 bits per heavy atom. The van der Waals surface area contributed by atoms with E-state index in [0.29, 0.717) is 16.5 Å². The van der Waals surface area contributed by atoms with Gasteiger partial charge in [-0.15, -0.1) is 11.3 Å². The minimum atomic E-state index is -0.636. The molecule has 7 nitrogen and oxygen atoms in total. The summed E-state index contributed by atoms with van der Waals surface area (Å²) in [5.41, 5.74) is 0.662. The first kappa shape index (κ1) is 22.9.